The van der Waals surface area contributed by atoms with Gasteiger partial charge in [-0.25, -0.2) is 0 Å². The van der Waals surface area contributed by atoms with Crippen molar-refractivity contribution in [3.63, 3.8) is 0 Å². The number of nitrogens with one attached hydrogen (secondary N) is 1. The summed E-state index contributed by atoms with van der Waals surface area (Å²) < 4.78 is 5.37. The van der Waals surface area contributed by atoms with E-state index in [1.54, 1.807) is 0 Å². The maximum absolute atomic E-state index is 5.37. The molecule has 0 aliphatic heterocycles. The molecule has 0 saturated carbocycles. The molecule has 0 rings (SSSR count). The van der Waals surface area contributed by atoms with Crippen LogP contribution in [0.2, 0.25) is 0 Å². The third kappa shape index (κ3) is 7.03. The maximum atomic E-state index is 5.37. The Labute approximate surface area is 83.1 Å². The Balaban J connectivity index is 3.54. The Kier molecular flexibility index (Phi) is 8.46. The Hall–Kier alpha value is -0.0800. The first-order chi connectivity index (χ1) is 6.22. The minimum atomic E-state index is 0.750. The fourth-order valence-corrected chi connectivity index (χ4v) is 1.38. The molecule has 13 heavy (non-hydrogen) atoms. The van der Waals surface area contributed by atoms with E-state index in [2.05, 4.69) is 33.0 Å². The summed E-state index contributed by atoms with van der Waals surface area (Å²) >= 11 is 0. The Morgan fingerprint density at radius 3 is 2.38 bits per heavy atom. The van der Waals surface area contributed by atoms with E-state index < -0.39 is 0 Å². The van der Waals surface area contributed by atoms with E-state index in [1.807, 2.05) is 0 Å². The molecular weight excluding hydrogens is 162 g/mol. The molecule has 1 N–H and O–H groups in total. The predicted octanol–water partition coefficient (Wildman–Crippen LogP) is 2.29. The zero-order valence-electron chi connectivity index (χ0n) is 9.60. The van der Waals surface area contributed by atoms with Gasteiger partial charge in [0.15, 0.2) is 0 Å². The second kappa shape index (κ2) is 8.52. The summed E-state index contributed by atoms with van der Waals surface area (Å²) in [5, 5.41) is 3.40. The zero-order chi connectivity index (χ0) is 10.1. The fraction of sp³-hybridized carbons (Fsp3) is 1.00. The highest BCUT2D eigenvalue weighted by Gasteiger charge is 2.11. The minimum Gasteiger partial charge on any atom is -0.382 e. The average Bonchev–Trinajstić information content (AvgIpc) is 2.10. The lowest BCUT2D eigenvalue weighted by Crippen LogP contribution is -2.27. The van der Waals surface area contributed by atoms with Crippen molar-refractivity contribution in [1.82, 2.24) is 5.32 Å². The first kappa shape index (κ1) is 12.9. The van der Waals surface area contributed by atoms with Crippen LogP contribution in [-0.4, -0.2) is 26.3 Å². The first-order valence-electron chi connectivity index (χ1n) is 5.50. The molecule has 2 heteroatoms. The third-order valence-corrected chi connectivity index (χ3v) is 2.44. The molecule has 0 spiro atoms. The van der Waals surface area contributed by atoms with Gasteiger partial charge in [-0.2, -0.15) is 0 Å². The molecule has 2 nitrogen and oxygen atoms in total. The molecule has 0 aliphatic carbocycles. The SMILES string of the molecule is CCNCC(CCOCC)C(C)C. The van der Waals surface area contributed by atoms with Gasteiger partial charge in [0, 0.05) is 13.2 Å². The Morgan fingerprint density at radius 2 is 1.92 bits per heavy atom. The lowest BCUT2D eigenvalue weighted by molar-refractivity contribution is 0.124. The van der Waals surface area contributed by atoms with Crippen LogP contribution in [-0.2, 0) is 4.74 Å². The Bertz CT molecular complexity index is 104. The van der Waals surface area contributed by atoms with Crippen LogP contribution in [0.4, 0.5) is 0 Å². The summed E-state index contributed by atoms with van der Waals surface area (Å²) in [6.07, 6.45) is 1.18. The van der Waals surface area contributed by atoms with E-state index in [-0.39, 0.29) is 0 Å². The molecule has 0 fully saturated rings. The van der Waals surface area contributed by atoms with Crippen LogP contribution in [0.25, 0.3) is 0 Å². The summed E-state index contributed by atoms with van der Waals surface area (Å²) in [7, 11) is 0. The highest BCUT2D eigenvalue weighted by Crippen LogP contribution is 2.13. The van der Waals surface area contributed by atoms with Crippen LogP contribution in [0.3, 0.4) is 0 Å². The molecule has 0 bridgehead atoms. The van der Waals surface area contributed by atoms with E-state index in [1.165, 1.54) is 6.42 Å². The highest BCUT2D eigenvalue weighted by molar-refractivity contribution is 4.65. The van der Waals surface area contributed by atoms with Gasteiger partial charge in [0.25, 0.3) is 0 Å². The van der Waals surface area contributed by atoms with Crippen LogP contribution < -0.4 is 5.32 Å². The maximum Gasteiger partial charge on any atom is 0.0469 e. The van der Waals surface area contributed by atoms with Crippen molar-refractivity contribution in [3.05, 3.63) is 0 Å². The summed E-state index contributed by atoms with van der Waals surface area (Å²) in [5.74, 6) is 1.51. The molecule has 0 saturated heterocycles. The molecule has 0 radical (unpaired) electrons. The molecule has 0 aromatic heterocycles. The third-order valence-electron chi connectivity index (χ3n) is 2.44. The number of ether oxygens (including phenoxy) is 1. The summed E-state index contributed by atoms with van der Waals surface area (Å²) in [6, 6.07) is 0. The normalized spacial score (nSPS) is 13.6. The molecule has 0 aromatic rings. The molecular formula is C11H25NO. The predicted molar refractivity (Wildman–Crippen MR) is 58.0 cm³/mol. The zero-order valence-corrected chi connectivity index (χ0v) is 9.60. The quantitative estimate of drug-likeness (QED) is 0.589. The average molecular weight is 187 g/mol. The Morgan fingerprint density at radius 1 is 1.23 bits per heavy atom. The van der Waals surface area contributed by atoms with Crippen molar-refractivity contribution in [1.29, 1.82) is 0 Å². The van der Waals surface area contributed by atoms with Gasteiger partial charge in [-0.3, -0.25) is 0 Å². The summed E-state index contributed by atoms with van der Waals surface area (Å²) in [4.78, 5) is 0. The topological polar surface area (TPSA) is 21.3 Å². The van der Waals surface area contributed by atoms with Crippen LogP contribution in [0.5, 0.6) is 0 Å². The van der Waals surface area contributed by atoms with Gasteiger partial charge < -0.3 is 10.1 Å². The minimum absolute atomic E-state index is 0.750. The van der Waals surface area contributed by atoms with Gasteiger partial charge in [-0.15, -0.1) is 0 Å². The van der Waals surface area contributed by atoms with E-state index >= 15 is 0 Å². The monoisotopic (exact) mass is 187 g/mol. The molecule has 1 unspecified atom stereocenters. The van der Waals surface area contributed by atoms with Crippen molar-refractivity contribution in [2.75, 3.05) is 26.3 Å². The molecule has 0 aromatic carbocycles. The molecule has 80 valence electrons. The second-order valence-electron chi connectivity index (χ2n) is 3.80. The van der Waals surface area contributed by atoms with Crippen molar-refractivity contribution >= 4 is 0 Å². The van der Waals surface area contributed by atoms with Crippen LogP contribution >= 0.6 is 0 Å². The van der Waals surface area contributed by atoms with Gasteiger partial charge in [0.05, 0.1) is 0 Å². The number of rotatable bonds is 8. The largest absolute Gasteiger partial charge is 0.382 e. The van der Waals surface area contributed by atoms with Gasteiger partial charge in [-0.05, 0) is 38.3 Å². The molecule has 1 atom stereocenters. The van der Waals surface area contributed by atoms with Crippen LogP contribution in [0.15, 0.2) is 0 Å². The second-order valence-corrected chi connectivity index (χ2v) is 3.80. The highest BCUT2D eigenvalue weighted by atomic mass is 16.5. The number of hydrogen-bond acceptors (Lipinski definition) is 2. The first-order valence-corrected chi connectivity index (χ1v) is 5.50. The molecule has 0 aliphatic rings. The fourth-order valence-electron chi connectivity index (χ4n) is 1.38. The lowest BCUT2D eigenvalue weighted by Gasteiger charge is -2.20. The van der Waals surface area contributed by atoms with Gasteiger partial charge in [-0.1, -0.05) is 20.8 Å². The molecule has 0 heterocycles. The van der Waals surface area contributed by atoms with Gasteiger partial charge in [0.2, 0.25) is 0 Å². The van der Waals surface area contributed by atoms with Crippen molar-refractivity contribution in [2.45, 2.75) is 34.1 Å². The van der Waals surface area contributed by atoms with Crippen LogP contribution in [0, 0.1) is 11.8 Å². The van der Waals surface area contributed by atoms with Crippen LogP contribution in [0.1, 0.15) is 34.1 Å². The van der Waals surface area contributed by atoms with Crippen molar-refractivity contribution in [2.24, 2.45) is 11.8 Å². The van der Waals surface area contributed by atoms with E-state index in [0.717, 1.165) is 38.1 Å². The summed E-state index contributed by atoms with van der Waals surface area (Å²) in [5.41, 5.74) is 0. The van der Waals surface area contributed by atoms with E-state index in [9.17, 15) is 0 Å². The lowest BCUT2D eigenvalue weighted by atomic mass is 9.93. The van der Waals surface area contributed by atoms with Crippen molar-refractivity contribution in [3.8, 4) is 0 Å². The van der Waals surface area contributed by atoms with Gasteiger partial charge >= 0.3 is 0 Å². The van der Waals surface area contributed by atoms with Gasteiger partial charge in [0.1, 0.15) is 0 Å². The van der Waals surface area contributed by atoms with E-state index in [4.69, 9.17) is 4.74 Å². The smallest absolute Gasteiger partial charge is 0.0469 e. The molecule has 0 amide bonds. The van der Waals surface area contributed by atoms with Crippen molar-refractivity contribution < 1.29 is 4.74 Å². The number of hydrogen-bond donors (Lipinski definition) is 1. The van der Waals surface area contributed by atoms with E-state index in [0.29, 0.717) is 0 Å². The standard InChI is InChI=1S/C11H25NO/c1-5-12-9-11(10(3)4)7-8-13-6-2/h10-12H,5-9H2,1-4H3. The summed E-state index contributed by atoms with van der Waals surface area (Å²) in [6.45, 7) is 12.7.